The number of primary amides is 1. The van der Waals surface area contributed by atoms with Gasteiger partial charge in [0.25, 0.3) is 5.91 Å². The van der Waals surface area contributed by atoms with Crippen molar-refractivity contribution in [1.29, 1.82) is 0 Å². The lowest BCUT2D eigenvalue weighted by Crippen LogP contribution is -2.52. The lowest BCUT2D eigenvalue weighted by atomic mass is 10.1. The van der Waals surface area contributed by atoms with Crippen LogP contribution in [0.1, 0.15) is 25.3 Å². The van der Waals surface area contributed by atoms with Crippen molar-refractivity contribution >= 4 is 23.2 Å². The number of benzene rings is 1. The highest BCUT2D eigenvalue weighted by Crippen LogP contribution is 2.30. The predicted octanol–water partition coefficient (Wildman–Crippen LogP) is -0.173. The van der Waals surface area contributed by atoms with Gasteiger partial charge < -0.3 is 26.6 Å². The summed E-state index contributed by atoms with van der Waals surface area (Å²) in [5, 5.41) is 12.0. The molecule has 0 saturated heterocycles. The molecule has 0 spiro atoms. The first-order valence-electron chi connectivity index (χ1n) is 8.11. The van der Waals surface area contributed by atoms with E-state index in [-0.39, 0.29) is 5.71 Å². The van der Waals surface area contributed by atoms with Crippen LogP contribution >= 0.6 is 0 Å². The van der Waals surface area contributed by atoms with Crippen molar-refractivity contribution < 1.29 is 19.4 Å². The molecule has 6 N–H and O–H groups in total. The number of rotatable bonds is 8. The average Bonchev–Trinajstić information content (AvgIpc) is 3.37. The maximum atomic E-state index is 12.5. The first-order valence-corrected chi connectivity index (χ1v) is 8.11. The number of hydrogen-bond acceptors (Lipinski definition) is 6. The Morgan fingerprint density at radius 3 is 2.64 bits per heavy atom. The summed E-state index contributed by atoms with van der Waals surface area (Å²) in [6.45, 7) is 1.99. The van der Waals surface area contributed by atoms with Crippen LogP contribution in [0.5, 0.6) is 5.75 Å². The minimum atomic E-state index is -1.22. The minimum Gasteiger partial charge on any atom is -0.493 e. The maximum absolute atomic E-state index is 12.5. The van der Waals surface area contributed by atoms with E-state index in [9.17, 15) is 14.7 Å². The number of ether oxygens (including phenoxy) is 1. The lowest BCUT2D eigenvalue weighted by molar-refractivity contribution is -0.126. The summed E-state index contributed by atoms with van der Waals surface area (Å²) in [6.07, 6.45) is 1.20. The number of amides is 2. The lowest BCUT2D eigenvalue weighted by Gasteiger charge is -2.19. The molecule has 2 rings (SSSR count). The second-order valence-corrected chi connectivity index (χ2v) is 6.17. The van der Waals surface area contributed by atoms with Crippen molar-refractivity contribution in [2.24, 2.45) is 16.6 Å². The summed E-state index contributed by atoms with van der Waals surface area (Å²) in [6, 6.07) is 3.78. The molecule has 1 aliphatic carbocycles. The quantitative estimate of drug-likeness (QED) is 0.381. The SMILES string of the molecule is CN=C(C(=O)N[C@H](C(N)=O)[C@@H](C)O)c1cc(OCC2CC2)ccc1N. The van der Waals surface area contributed by atoms with E-state index in [1.165, 1.54) is 26.8 Å². The van der Waals surface area contributed by atoms with Crippen LogP contribution in [-0.2, 0) is 9.59 Å². The van der Waals surface area contributed by atoms with E-state index in [0.717, 1.165) is 0 Å². The van der Waals surface area contributed by atoms with E-state index in [0.29, 0.717) is 29.5 Å². The molecule has 2 atom stereocenters. The molecular weight excluding hydrogens is 324 g/mol. The number of nitrogens with two attached hydrogens (primary N) is 2. The highest BCUT2D eigenvalue weighted by atomic mass is 16.5. The zero-order valence-corrected chi connectivity index (χ0v) is 14.4. The molecule has 0 radical (unpaired) electrons. The van der Waals surface area contributed by atoms with E-state index < -0.39 is 24.0 Å². The van der Waals surface area contributed by atoms with E-state index >= 15 is 0 Å². The van der Waals surface area contributed by atoms with Gasteiger partial charge >= 0.3 is 0 Å². The Morgan fingerprint density at radius 2 is 2.12 bits per heavy atom. The van der Waals surface area contributed by atoms with Gasteiger partial charge in [-0.15, -0.1) is 0 Å². The van der Waals surface area contributed by atoms with Gasteiger partial charge in [0.05, 0.1) is 12.7 Å². The average molecular weight is 348 g/mol. The van der Waals surface area contributed by atoms with Crippen LogP contribution in [0.15, 0.2) is 23.2 Å². The fourth-order valence-corrected chi connectivity index (χ4v) is 2.31. The summed E-state index contributed by atoms with van der Waals surface area (Å²) >= 11 is 0. The molecule has 2 amide bonds. The van der Waals surface area contributed by atoms with Crippen molar-refractivity contribution in [1.82, 2.24) is 5.32 Å². The number of aliphatic imine (C=N–C) groups is 1. The van der Waals surface area contributed by atoms with Gasteiger partial charge in [0.15, 0.2) is 0 Å². The molecule has 0 bridgehead atoms. The van der Waals surface area contributed by atoms with Gasteiger partial charge in [-0.1, -0.05) is 0 Å². The normalized spacial score (nSPS) is 16.8. The third kappa shape index (κ3) is 4.93. The molecule has 0 aliphatic heterocycles. The van der Waals surface area contributed by atoms with Crippen molar-refractivity contribution in [2.75, 3.05) is 19.4 Å². The van der Waals surface area contributed by atoms with Crippen LogP contribution in [0, 0.1) is 5.92 Å². The van der Waals surface area contributed by atoms with Crippen LogP contribution in [-0.4, -0.2) is 48.4 Å². The number of aliphatic hydroxyl groups excluding tert-OH is 1. The van der Waals surface area contributed by atoms with E-state index in [2.05, 4.69) is 10.3 Å². The number of hydrogen-bond donors (Lipinski definition) is 4. The molecule has 8 nitrogen and oxygen atoms in total. The zero-order valence-electron chi connectivity index (χ0n) is 14.4. The monoisotopic (exact) mass is 348 g/mol. The Kier molecular flexibility index (Phi) is 5.97. The largest absolute Gasteiger partial charge is 0.493 e. The molecule has 1 fully saturated rings. The Labute approximate surface area is 146 Å². The summed E-state index contributed by atoms with van der Waals surface area (Å²) in [7, 11) is 1.44. The van der Waals surface area contributed by atoms with Gasteiger partial charge in [0, 0.05) is 18.3 Å². The van der Waals surface area contributed by atoms with Crippen LogP contribution in [0.3, 0.4) is 0 Å². The van der Waals surface area contributed by atoms with Crippen LogP contribution < -0.4 is 21.5 Å². The fourth-order valence-electron chi connectivity index (χ4n) is 2.31. The number of nitrogens with one attached hydrogen (secondary N) is 1. The van der Waals surface area contributed by atoms with Crippen molar-refractivity contribution in [2.45, 2.75) is 31.9 Å². The highest BCUT2D eigenvalue weighted by molar-refractivity contribution is 6.46. The summed E-state index contributed by atoms with van der Waals surface area (Å²) in [5.41, 5.74) is 11.9. The standard InChI is InChI=1S/C17H24N4O4/c1-9(22)14(16(19)23)21-17(24)15(20-2)12-7-11(5-6-13(12)18)25-8-10-3-4-10/h5-7,9-10,14,22H,3-4,8,18H2,1-2H3,(H2,19,23)(H,21,24)/t9-,14+/m1/s1. The van der Waals surface area contributed by atoms with Crippen molar-refractivity contribution in [3.8, 4) is 5.75 Å². The first-order chi connectivity index (χ1) is 11.8. The smallest absolute Gasteiger partial charge is 0.270 e. The van der Waals surface area contributed by atoms with Crippen molar-refractivity contribution in [3.05, 3.63) is 23.8 Å². The molecule has 1 aromatic rings. The molecule has 1 aromatic carbocycles. The maximum Gasteiger partial charge on any atom is 0.270 e. The molecule has 136 valence electrons. The van der Waals surface area contributed by atoms with Crippen LogP contribution in [0.25, 0.3) is 0 Å². The van der Waals surface area contributed by atoms with Gasteiger partial charge in [-0.25, -0.2) is 0 Å². The number of nitrogens with zero attached hydrogens (tertiary/aromatic N) is 1. The van der Waals surface area contributed by atoms with Gasteiger partial charge in [0.1, 0.15) is 17.5 Å². The van der Waals surface area contributed by atoms with Gasteiger partial charge in [-0.3, -0.25) is 14.6 Å². The third-order valence-corrected chi connectivity index (χ3v) is 3.98. The van der Waals surface area contributed by atoms with Crippen LogP contribution in [0.2, 0.25) is 0 Å². The Balaban J connectivity index is 2.19. The summed E-state index contributed by atoms with van der Waals surface area (Å²) in [4.78, 5) is 27.8. The molecule has 1 saturated carbocycles. The highest BCUT2D eigenvalue weighted by Gasteiger charge is 2.27. The molecule has 1 aliphatic rings. The topological polar surface area (TPSA) is 140 Å². The fraction of sp³-hybridized carbons (Fsp3) is 0.471. The third-order valence-electron chi connectivity index (χ3n) is 3.98. The van der Waals surface area contributed by atoms with Gasteiger partial charge in [-0.05, 0) is 43.9 Å². The summed E-state index contributed by atoms with van der Waals surface area (Å²) < 4.78 is 5.70. The molecular formula is C17H24N4O4. The van der Waals surface area contributed by atoms with E-state index in [1.54, 1.807) is 18.2 Å². The van der Waals surface area contributed by atoms with Crippen molar-refractivity contribution in [3.63, 3.8) is 0 Å². The predicted molar refractivity (Wildman–Crippen MR) is 94.3 cm³/mol. The van der Waals surface area contributed by atoms with Gasteiger partial charge in [-0.2, -0.15) is 0 Å². The number of aliphatic hydroxyl groups is 1. The van der Waals surface area contributed by atoms with Gasteiger partial charge in [0.2, 0.25) is 5.91 Å². The number of carbonyl (C=O) groups is 2. The van der Waals surface area contributed by atoms with Crippen LogP contribution in [0.4, 0.5) is 5.69 Å². The molecule has 25 heavy (non-hydrogen) atoms. The zero-order chi connectivity index (χ0) is 18.6. The Bertz CT molecular complexity index is 683. The number of carbonyl (C=O) groups excluding carboxylic acids is 2. The first kappa shape index (κ1) is 18.7. The molecule has 8 heteroatoms. The summed E-state index contributed by atoms with van der Waals surface area (Å²) in [5.74, 6) is -0.315. The second kappa shape index (κ2) is 7.98. The molecule has 0 heterocycles. The Hall–Kier alpha value is -2.61. The second-order valence-electron chi connectivity index (χ2n) is 6.17. The molecule has 0 unspecified atom stereocenters. The Morgan fingerprint density at radius 1 is 1.44 bits per heavy atom. The van der Waals surface area contributed by atoms with E-state index in [1.807, 2.05) is 0 Å². The number of anilines is 1. The van der Waals surface area contributed by atoms with E-state index in [4.69, 9.17) is 16.2 Å². The number of nitrogen functional groups attached to an aromatic ring is 1. The molecule has 0 aromatic heterocycles. The minimum absolute atomic E-state index is 0.0290.